The number of hydrogen-bond donors (Lipinski definition) is 1. The summed E-state index contributed by atoms with van der Waals surface area (Å²) in [6.07, 6.45) is 0. The first-order valence-electron chi connectivity index (χ1n) is 11.2. The molecule has 0 saturated carbocycles. The highest BCUT2D eigenvalue weighted by Gasteiger charge is 2.17. The molecule has 34 heavy (non-hydrogen) atoms. The van der Waals surface area contributed by atoms with E-state index in [0.29, 0.717) is 10.7 Å². The molecular formula is C30H24N2OS. The smallest absolute Gasteiger partial charge is 0.257 e. The van der Waals surface area contributed by atoms with E-state index in [1.165, 1.54) is 22.5 Å². The van der Waals surface area contributed by atoms with E-state index in [1.54, 1.807) is 0 Å². The van der Waals surface area contributed by atoms with Gasteiger partial charge in [-0.25, -0.2) is 4.98 Å². The van der Waals surface area contributed by atoms with Gasteiger partial charge in [0.05, 0.1) is 10.6 Å². The normalized spacial score (nSPS) is 10.8. The molecule has 1 N–H and O–H groups in total. The Kier molecular flexibility index (Phi) is 6.07. The van der Waals surface area contributed by atoms with Crippen LogP contribution in [0.4, 0.5) is 5.13 Å². The Balaban J connectivity index is 1.45. The molecule has 4 aromatic carbocycles. The standard InChI is InChI=1S/C30H24N2OS/c1-20-13-14-26(19-21(20)2)28-27(24-11-7-4-8-12-24)31-30(34-28)32-29(33)25-17-15-23(16-18-25)22-9-5-3-6-10-22/h3-19H,1-2H3,(H,31,32,33). The van der Waals surface area contributed by atoms with Crippen LogP contribution in [0.1, 0.15) is 21.5 Å². The maximum absolute atomic E-state index is 13.0. The SMILES string of the molecule is Cc1ccc(-c2sc(NC(=O)c3ccc(-c4ccccc4)cc3)nc2-c2ccccc2)cc1C. The van der Waals surface area contributed by atoms with Crippen LogP contribution in [0.2, 0.25) is 0 Å². The van der Waals surface area contributed by atoms with Crippen LogP contribution < -0.4 is 5.32 Å². The second kappa shape index (κ2) is 9.46. The Morgan fingerprint density at radius 3 is 1.91 bits per heavy atom. The van der Waals surface area contributed by atoms with Crippen molar-refractivity contribution < 1.29 is 4.79 Å². The summed E-state index contributed by atoms with van der Waals surface area (Å²) in [5.74, 6) is -0.167. The lowest BCUT2D eigenvalue weighted by Crippen LogP contribution is -2.11. The quantitative estimate of drug-likeness (QED) is 0.289. The molecule has 1 heterocycles. The lowest BCUT2D eigenvalue weighted by atomic mass is 10.0. The molecule has 1 aromatic heterocycles. The zero-order valence-electron chi connectivity index (χ0n) is 19.1. The summed E-state index contributed by atoms with van der Waals surface area (Å²) >= 11 is 1.50. The number of hydrogen-bond acceptors (Lipinski definition) is 3. The number of anilines is 1. The summed E-state index contributed by atoms with van der Waals surface area (Å²) in [5.41, 5.74) is 8.30. The van der Waals surface area contributed by atoms with Crippen molar-refractivity contribution >= 4 is 22.4 Å². The van der Waals surface area contributed by atoms with Gasteiger partial charge in [-0.05, 0) is 53.8 Å². The average molecular weight is 461 g/mol. The lowest BCUT2D eigenvalue weighted by molar-refractivity contribution is 0.102. The van der Waals surface area contributed by atoms with Crippen LogP contribution in [0.5, 0.6) is 0 Å². The molecule has 0 atom stereocenters. The number of thiazole rings is 1. The summed E-state index contributed by atoms with van der Waals surface area (Å²) in [6.45, 7) is 4.22. The number of rotatable bonds is 5. The van der Waals surface area contributed by atoms with Gasteiger partial charge in [-0.2, -0.15) is 0 Å². The first kappa shape index (κ1) is 21.8. The fourth-order valence-corrected chi connectivity index (χ4v) is 4.84. The molecule has 0 unspecified atom stereocenters. The van der Waals surface area contributed by atoms with E-state index in [-0.39, 0.29) is 5.91 Å². The number of nitrogens with zero attached hydrogens (tertiary/aromatic N) is 1. The molecule has 0 aliphatic rings. The fourth-order valence-electron chi connectivity index (χ4n) is 3.86. The number of amides is 1. The second-order valence-corrected chi connectivity index (χ2v) is 9.26. The molecule has 3 nitrogen and oxygen atoms in total. The molecule has 0 fully saturated rings. The minimum Gasteiger partial charge on any atom is -0.298 e. The van der Waals surface area contributed by atoms with Gasteiger partial charge in [0, 0.05) is 11.1 Å². The zero-order chi connectivity index (χ0) is 23.5. The Morgan fingerprint density at radius 1 is 0.676 bits per heavy atom. The average Bonchev–Trinajstić information content (AvgIpc) is 3.30. The number of nitrogens with one attached hydrogen (secondary N) is 1. The van der Waals surface area contributed by atoms with Crippen LogP contribution in [0.15, 0.2) is 103 Å². The number of carbonyl (C=O) groups excluding carboxylic acids is 1. The van der Waals surface area contributed by atoms with Crippen LogP contribution in [-0.2, 0) is 0 Å². The highest BCUT2D eigenvalue weighted by molar-refractivity contribution is 7.19. The minimum absolute atomic E-state index is 0.167. The van der Waals surface area contributed by atoms with Crippen molar-refractivity contribution in [2.24, 2.45) is 0 Å². The summed E-state index contributed by atoms with van der Waals surface area (Å²) in [4.78, 5) is 18.9. The Labute approximate surface area is 203 Å². The molecule has 0 saturated heterocycles. The number of carbonyl (C=O) groups is 1. The molecule has 1 amide bonds. The van der Waals surface area contributed by atoms with Gasteiger partial charge in [-0.3, -0.25) is 10.1 Å². The van der Waals surface area contributed by atoms with E-state index >= 15 is 0 Å². The van der Waals surface area contributed by atoms with Gasteiger partial charge < -0.3 is 0 Å². The number of aryl methyl sites for hydroxylation is 2. The van der Waals surface area contributed by atoms with Crippen molar-refractivity contribution in [3.05, 3.63) is 120 Å². The predicted molar refractivity (Wildman–Crippen MR) is 142 cm³/mol. The van der Waals surface area contributed by atoms with Crippen LogP contribution >= 0.6 is 11.3 Å². The third kappa shape index (κ3) is 4.54. The molecule has 0 bridgehead atoms. The summed E-state index contributed by atoms with van der Waals surface area (Å²) in [7, 11) is 0. The second-order valence-electron chi connectivity index (χ2n) is 8.26. The monoisotopic (exact) mass is 460 g/mol. The van der Waals surface area contributed by atoms with Crippen molar-refractivity contribution in [3.63, 3.8) is 0 Å². The third-order valence-electron chi connectivity index (χ3n) is 5.92. The maximum Gasteiger partial charge on any atom is 0.257 e. The van der Waals surface area contributed by atoms with Crippen molar-refractivity contribution in [1.29, 1.82) is 0 Å². The van der Waals surface area contributed by atoms with E-state index in [4.69, 9.17) is 4.98 Å². The molecule has 0 aliphatic carbocycles. The van der Waals surface area contributed by atoms with E-state index in [0.717, 1.165) is 32.8 Å². The van der Waals surface area contributed by atoms with Gasteiger partial charge in [0.1, 0.15) is 0 Å². The molecule has 5 aromatic rings. The lowest BCUT2D eigenvalue weighted by Gasteiger charge is -2.05. The van der Waals surface area contributed by atoms with Crippen LogP contribution in [0, 0.1) is 13.8 Å². The van der Waals surface area contributed by atoms with Gasteiger partial charge in [0.25, 0.3) is 5.91 Å². The Bertz CT molecular complexity index is 1440. The van der Waals surface area contributed by atoms with Crippen molar-refractivity contribution in [2.45, 2.75) is 13.8 Å². The first-order valence-corrected chi connectivity index (χ1v) is 12.0. The maximum atomic E-state index is 13.0. The van der Waals surface area contributed by atoms with Gasteiger partial charge in [0.15, 0.2) is 5.13 Å². The molecule has 0 spiro atoms. The van der Waals surface area contributed by atoms with Crippen LogP contribution in [0.3, 0.4) is 0 Å². The van der Waals surface area contributed by atoms with Crippen molar-refractivity contribution in [2.75, 3.05) is 5.32 Å². The van der Waals surface area contributed by atoms with Gasteiger partial charge >= 0.3 is 0 Å². The highest BCUT2D eigenvalue weighted by atomic mass is 32.1. The first-order chi connectivity index (χ1) is 16.6. The molecule has 166 valence electrons. The summed E-state index contributed by atoms with van der Waals surface area (Å²) in [6, 6.07) is 34.3. The zero-order valence-corrected chi connectivity index (χ0v) is 19.9. The van der Waals surface area contributed by atoms with Crippen molar-refractivity contribution in [3.8, 4) is 32.8 Å². The largest absolute Gasteiger partial charge is 0.298 e. The highest BCUT2D eigenvalue weighted by Crippen LogP contribution is 2.39. The minimum atomic E-state index is -0.167. The van der Waals surface area contributed by atoms with Gasteiger partial charge in [-0.1, -0.05) is 102 Å². The number of aromatic nitrogens is 1. The van der Waals surface area contributed by atoms with Crippen LogP contribution in [0.25, 0.3) is 32.8 Å². The van der Waals surface area contributed by atoms with Gasteiger partial charge in [0.2, 0.25) is 0 Å². The molecule has 5 rings (SSSR count). The molecule has 0 radical (unpaired) electrons. The van der Waals surface area contributed by atoms with Crippen molar-refractivity contribution in [1.82, 2.24) is 4.98 Å². The van der Waals surface area contributed by atoms with E-state index in [1.807, 2.05) is 72.8 Å². The van der Waals surface area contributed by atoms with Crippen LogP contribution in [-0.4, -0.2) is 10.9 Å². The Hall–Kier alpha value is -4.02. The van der Waals surface area contributed by atoms with E-state index in [2.05, 4.69) is 49.5 Å². The fraction of sp³-hybridized carbons (Fsp3) is 0.0667. The third-order valence-corrected chi connectivity index (χ3v) is 6.94. The van der Waals surface area contributed by atoms with Gasteiger partial charge in [-0.15, -0.1) is 0 Å². The Morgan fingerprint density at radius 2 is 1.26 bits per heavy atom. The van der Waals surface area contributed by atoms with E-state index < -0.39 is 0 Å². The van der Waals surface area contributed by atoms with E-state index in [9.17, 15) is 4.79 Å². The predicted octanol–water partition coefficient (Wildman–Crippen LogP) is 8.01. The molecule has 4 heteroatoms. The number of benzene rings is 4. The molecular weight excluding hydrogens is 436 g/mol. The summed E-state index contributed by atoms with van der Waals surface area (Å²) in [5, 5.41) is 3.60. The molecule has 0 aliphatic heterocycles. The topological polar surface area (TPSA) is 42.0 Å². The summed E-state index contributed by atoms with van der Waals surface area (Å²) < 4.78 is 0.